The van der Waals surface area contributed by atoms with Crippen LogP contribution in [0, 0.1) is 6.92 Å². The number of likely N-dealkylation sites (tertiary alicyclic amines) is 1. The molecule has 0 radical (unpaired) electrons. The third-order valence-electron chi connectivity index (χ3n) is 6.49. The number of thiazole rings is 1. The number of hydrogen-bond donors (Lipinski definition) is 0. The fourth-order valence-corrected chi connectivity index (χ4v) is 5.50. The maximum Gasteiger partial charge on any atom is 0.435 e. The Bertz CT molecular complexity index is 1150. The van der Waals surface area contributed by atoms with Gasteiger partial charge in [-0.1, -0.05) is 35.5 Å². The molecule has 0 saturated carbocycles. The summed E-state index contributed by atoms with van der Waals surface area (Å²) >= 11 is 1.67. The molecule has 0 N–H and O–H groups in total. The second kappa shape index (κ2) is 9.50. The first kappa shape index (κ1) is 23.0. The van der Waals surface area contributed by atoms with Crippen LogP contribution in [0.25, 0.3) is 0 Å². The molecule has 0 spiro atoms. The number of nitrogens with zero attached hydrogens (tertiary/aromatic N) is 5. The average Bonchev–Trinajstić information content (AvgIpc) is 3.58. The van der Waals surface area contributed by atoms with Crippen LogP contribution in [0.5, 0.6) is 0 Å². The number of aryl methyl sites for hydroxylation is 1. The van der Waals surface area contributed by atoms with E-state index in [1.54, 1.807) is 18.3 Å². The summed E-state index contributed by atoms with van der Waals surface area (Å²) in [6.45, 7) is 4.59. The van der Waals surface area contributed by atoms with Gasteiger partial charge in [-0.25, -0.2) is 4.98 Å². The SMILES string of the molecule is Cc1cc(C(F)(F)F)nn1CCN1CCC(c2nc(C3=NOC(c4ccccc4)C3)cs2)CC1. The number of alkyl halides is 3. The Kier molecular flexibility index (Phi) is 6.44. The summed E-state index contributed by atoms with van der Waals surface area (Å²) in [5.41, 5.74) is 2.61. The molecular formula is C24H26F3N5OS. The predicted molar refractivity (Wildman–Crippen MR) is 124 cm³/mol. The fraction of sp³-hybridized carbons (Fsp3) is 0.458. The predicted octanol–water partition coefficient (Wildman–Crippen LogP) is 5.41. The summed E-state index contributed by atoms with van der Waals surface area (Å²) in [5, 5.41) is 11.2. The third kappa shape index (κ3) is 5.02. The van der Waals surface area contributed by atoms with E-state index < -0.39 is 11.9 Å². The van der Waals surface area contributed by atoms with E-state index in [1.807, 2.05) is 30.3 Å². The molecular weight excluding hydrogens is 463 g/mol. The Morgan fingerprint density at radius 2 is 1.88 bits per heavy atom. The van der Waals surface area contributed by atoms with Crippen molar-refractivity contribution < 1.29 is 18.0 Å². The van der Waals surface area contributed by atoms with Crippen LogP contribution in [-0.2, 0) is 17.6 Å². The maximum absolute atomic E-state index is 12.9. The first-order valence-corrected chi connectivity index (χ1v) is 12.3. The lowest BCUT2D eigenvalue weighted by molar-refractivity contribution is -0.141. The number of rotatable bonds is 6. The molecule has 1 aromatic carbocycles. The summed E-state index contributed by atoms with van der Waals surface area (Å²) in [6.07, 6.45) is -1.79. The Balaban J connectivity index is 1.12. The lowest BCUT2D eigenvalue weighted by Gasteiger charge is -2.31. The Morgan fingerprint density at radius 1 is 1.12 bits per heavy atom. The second-order valence-electron chi connectivity index (χ2n) is 8.83. The molecule has 3 aromatic rings. The number of hydrogen-bond acceptors (Lipinski definition) is 6. The molecule has 2 aliphatic rings. The molecule has 5 rings (SSSR count). The van der Waals surface area contributed by atoms with Crippen LogP contribution in [0.4, 0.5) is 13.2 Å². The largest absolute Gasteiger partial charge is 0.435 e. The highest BCUT2D eigenvalue weighted by molar-refractivity contribution is 7.10. The third-order valence-corrected chi connectivity index (χ3v) is 7.50. The molecule has 0 aliphatic carbocycles. The van der Waals surface area contributed by atoms with Crippen LogP contribution in [0.2, 0.25) is 0 Å². The molecule has 2 aliphatic heterocycles. The fourth-order valence-electron chi connectivity index (χ4n) is 4.50. The zero-order valence-corrected chi connectivity index (χ0v) is 19.6. The Labute approximate surface area is 200 Å². The molecule has 2 aromatic heterocycles. The van der Waals surface area contributed by atoms with Gasteiger partial charge in [0.1, 0.15) is 5.71 Å². The van der Waals surface area contributed by atoms with E-state index in [0.29, 0.717) is 31.1 Å². The molecule has 6 nitrogen and oxygen atoms in total. The van der Waals surface area contributed by atoms with Crippen molar-refractivity contribution in [3.8, 4) is 0 Å². The van der Waals surface area contributed by atoms with Gasteiger partial charge in [0.25, 0.3) is 0 Å². The smallest absolute Gasteiger partial charge is 0.387 e. The minimum Gasteiger partial charge on any atom is -0.387 e. The molecule has 1 fully saturated rings. The van der Waals surface area contributed by atoms with Crippen LogP contribution in [0.1, 0.15) is 58.9 Å². The molecule has 0 bridgehead atoms. The normalized spacial score (nSPS) is 19.9. The van der Waals surface area contributed by atoms with Gasteiger partial charge in [0, 0.05) is 30.0 Å². The van der Waals surface area contributed by atoms with Crippen molar-refractivity contribution in [3.63, 3.8) is 0 Å². The van der Waals surface area contributed by atoms with E-state index in [4.69, 9.17) is 9.82 Å². The van der Waals surface area contributed by atoms with Gasteiger partial charge in [-0.2, -0.15) is 18.3 Å². The summed E-state index contributed by atoms with van der Waals surface area (Å²) in [6, 6.07) is 11.2. The number of piperidine rings is 1. The van der Waals surface area contributed by atoms with Crippen molar-refractivity contribution in [2.45, 2.75) is 50.9 Å². The zero-order valence-electron chi connectivity index (χ0n) is 18.8. The van der Waals surface area contributed by atoms with Crippen LogP contribution in [0.3, 0.4) is 0 Å². The van der Waals surface area contributed by atoms with E-state index in [2.05, 4.69) is 20.5 Å². The first-order chi connectivity index (χ1) is 16.4. The van der Waals surface area contributed by atoms with Crippen molar-refractivity contribution in [1.82, 2.24) is 19.7 Å². The minimum absolute atomic E-state index is 0.0600. The highest BCUT2D eigenvalue weighted by Gasteiger charge is 2.34. The number of oxime groups is 1. The van der Waals surface area contributed by atoms with E-state index in [-0.39, 0.29) is 6.10 Å². The van der Waals surface area contributed by atoms with Gasteiger partial charge in [-0.05, 0) is 44.5 Å². The van der Waals surface area contributed by atoms with Crippen LogP contribution < -0.4 is 0 Å². The van der Waals surface area contributed by atoms with E-state index in [1.165, 1.54) is 4.68 Å². The van der Waals surface area contributed by atoms with Crippen LogP contribution >= 0.6 is 11.3 Å². The van der Waals surface area contributed by atoms with Crippen molar-refractivity contribution in [2.75, 3.05) is 19.6 Å². The van der Waals surface area contributed by atoms with Crippen LogP contribution in [0.15, 0.2) is 46.9 Å². The zero-order chi connectivity index (χ0) is 23.7. The summed E-state index contributed by atoms with van der Waals surface area (Å²) in [4.78, 5) is 12.8. The lowest BCUT2D eigenvalue weighted by atomic mass is 9.97. The topological polar surface area (TPSA) is 55.5 Å². The Hall–Kier alpha value is -2.72. The average molecular weight is 490 g/mol. The lowest BCUT2D eigenvalue weighted by Crippen LogP contribution is -2.35. The second-order valence-corrected chi connectivity index (χ2v) is 9.72. The molecule has 34 heavy (non-hydrogen) atoms. The molecule has 1 saturated heterocycles. The highest BCUT2D eigenvalue weighted by atomic mass is 32.1. The van der Waals surface area contributed by atoms with Crippen molar-refractivity contribution in [3.05, 3.63) is 69.4 Å². The van der Waals surface area contributed by atoms with Crippen LogP contribution in [-0.4, -0.2) is 45.0 Å². The maximum atomic E-state index is 12.9. The molecule has 180 valence electrons. The molecule has 10 heteroatoms. The van der Waals surface area contributed by atoms with Gasteiger partial charge < -0.3 is 9.74 Å². The van der Waals surface area contributed by atoms with E-state index >= 15 is 0 Å². The van der Waals surface area contributed by atoms with Gasteiger partial charge >= 0.3 is 6.18 Å². The molecule has 1 atom stereocenters. The summed E-state index contributed by atoms with van der Waals surface area (Å²) < 4.78 is 40.1. The van der Waals surface area contributed by atoms with Crippen molar-refractivity contribution in [1.29, 1.82) is 0 Å². The quantitative estimate of drug-likeness (QED) is 0.465. The minimum atomic E-state index is -4.40. The van der Waals surface area contributed by atoms with Gasteiger partial charge in [-0.3, -0.25) is 4.68 Å². The number of halogens is 3. The van der Waals surface area contributed by atoms with Gasteiger partial charge in [-0.15, -0.1) is 11.3 Å². The summed E-state index contributed by atoms with van der Waals surface area (Å²) in [5.74, 6) is 0.395. The Morgan fingerprint density at radius 3 is 2.59 bits per heavy atom. The van der Waals surface area contributed by atoms with Gasteiger partial charge in [0.15, 0.2) is 11.8 Å². The van der Waals surface area contributed by atoms with E-state index in [9.17, 15) is 13.2 Å². The highest BCUT2D eigenvalue weighted by Crippen LogP contribution is 2.34. The number of aromatic nitrogens is 3. The number of benzene rings is 1. The van der Waals surface area contributed by atoms with E-state index in [0.717, 1.165) is 54.0 Å². The first-order valence-electron chi connectivity index (χ1n) is 11.4. The monoisotopic (exact) mass is 489 g/mol. The van der Waals surface area contributed by atoms with Gasteiger partial charge in [0.05, 0.1) is 17.2 Å². The molecule has 1 unspecified atom stereocenters. The molecule has 4 heterocycles. The van der Waals surface area contributed by atoms with Crippen molar-refractivity contribution in [2.24, 2.45) is 5.16 Å². The molecule has 0 amide bonds. The standard InChI is InChI=1S/C24H26F3N5OS/c1-16-13-22(24(25,26)27)29-32(16)12-11-31-9-7-18(8-10-31)23-28-20(15-34-23)19-14-21(33-30-19)17-5-3-2-4-6-17/h2-6,13,15,18,21H,7-12,14H2,1H3. The summed E-state index contributed by atoms with van der Waals surface area (Å²) in [7, 11) is 0. The van der Waals surface area contributed by atoms with Gasteiger partial charge in [0.2, 0.25) is 0 Å². The van der Waals surface area contributed by atoms with Crippen molar-refractivity contribution >= 4 is 17.0 Å².